The van der Waals surface area contributed by atoms with E-state index in [0.717, 1.165) is 0 Å². The standard InChI is InChI=1S/C30H34F3N5O4/c1-29(2,3)23(36-25(39)24(32)33)27(41)37-12-17-14-8-16(19(31)9-14)21(17)22(37)26(40)38-13-30(10-15(38)11-34)18-6-4-5-7-20(18)35-28(30)42/h4-7,14-17,19,21-24H,8-10,12-13H2,1-3H3,(H,35,42)(H,36,39)/t14-,15-,16+,17+,19+,21-,22-,23+,30-/m0/s1. The SMILES string of the molecule is CC(C)(C)[C@H](NC(=O)C(F)F)C(=O)N1C[C@@H]2[C@H]3C[C@@H]([C@@H]2[C@H]1C(=O)N1C[C@]2(C[C@H]1C#N)C(=O)Nc1ccccc12)[C@H](F)C3. The Hall–Kier alpha value is -3.62. The number of carbonyl (C=O) groups excluding carboxylic acids is 4. The second kappa shape index (κ2) is 9.71. The molecule has 42 heavy (non-hydrogen) atoms. The number of nitriles is 1. The van der Waals surface area contributed by atoms with Gasteiger partial charge in [-0.3, -0.25) is 19.2 Å². The average Bonchev–Trinajstić information content (AvgIpc) is 3.72. The zero-order chi connectivity index (χ0) is 30.3. The van der Waals surface area contributed by atoms with Crippen LogP contribution in [0.5, 0.6) is 0 Å². The number of amides is 4. The van der Waals surface area contributed by atoms with Gasteiger partial charge in [0.1, 0.15) is 24.3 Å². The van der Waals surface area contributed by atoms with Crippen molar-refractivity contribution in [2.75, 3.05) is 18.4 Å². The predicted molar refractivity (Wildman–Crippen MR) is 143 cm³/mol. The molecule has 2 bridgehead atoms. The highest BCUT2D eigenvalue weighted by atomic mass is 19.3. The van der Waals surface area contributed by atoms with Gasteiger partial charge in [-0.15, -0.1) is 0 Å². The number of likely N-dealkylation sites (tertiary alicyclic amines) is 2. The van der Waals surface area contributed by atoms with Gasteiger partial charge in [-0.2, -0.15) is 14.0 Å². The van der Waals surface area contributed by atoms with Crippen LogP contribution in [-0.2, 0) is 24.6 Å². The highest BCUT2D eigenvalue weighted by molar-refractivity contribution is 6.07. The number of carbonyl (C=O) groups is 4. The number of benzene rings is 1. The quantitative estimate of drug-likeness (QED) is 0.563. The molecule has 3 aliphatic heterocycles. The highest BCUT2D eigenvalue weighted by Crippen LogP contribution is 2.59. The van der Waals surface area contributed by atoms with E-state index in [1.54, 1.807) is 45.0 Å². The lowest BCUT2D eigenvalue weighted by Gasteiger charge is -2.38. The Bertz CT molecular complexity index is 1390. The van der Waals surface area contributed by atoms with Crippen molar-refractivity contribution in [3.05, 3.63) is 29.8 Å². The number of halogens is 3. The molecule has 9 nitrogen and oxygen atoms in total. The van der Waals surface area contributed by atoms with Crippen LogP contribution in [0, 0.1) is 40.4 Å². The molecule has 1 aromatic rings. The maximum Gasteiger partial charge on any atom is 0.315 e. The molecule has 4 amide bonds. The lowest BCUT2D eigenvalue weighted by Crippen LogP contribution is -2.60. The van der Waals surface area contributed by atoms with Crippen LogP contribution in [0.25, 0.3) is 0 Å². The van der Waals surface area contributed by atoms with Gasteiger partial charge in [-0.25, -0.2) is 4.39 Å². The zero-order valence-corrected chi connectivity index (χ0v) is 23.6. The van der Waals surface area contributed by atoms with Crippen LogP contribution >= 0.6 is 0 Å². The van der Waals surface area contributed by atoms with Crippen molar-refractivity contribution < 1.29 is 32.3 Å². The van der Waals surface area contributed by atoms with E-state index in [-0.39, 0.29) is 37.3 Å². The van der Waals surface area contributed by atoms with E-state index in [2.05, 4.69) is 16.7 Å². The Labute approximate surface area is 241 Å². The van der Waals surface area contributed by atoms with Crippen LogP contribution in [0.4, 0.5) is 18.9 Å². The van der Waals surface area contributed by atoms with E-state index >= 15 is 4.39 Å². The summed E-state index contributed by atoms with van der Waals surface area (Å²) in [5.74, 6) is -4.32. The molecule has 1 spiro atoms. The molecule has 2 N–H and O–H groups in total. The molecule has 12 heteroatoms. The summed E-state index contributed by atoms with van der Waals surface area (Å²) in [4.78, 5) is 56.6. The molecular weight excluding hydrogens is 551 g/mol. The third kappa shape index (κ3) is 4.10. The van der Waals surface area contributed by atoms with Crippen molar-refractivity contribution >= 4 is 29.3 Å². The fraction of sp³-hybridized carbons (Fsp3) is 0.633. The third-order valence-corrected chi connectivity index (χ3v) is 10.3. The molecule has 224 valence electrons. The van der Waals surface area contributed by atoms with Crippen LogP contribution < -0.4 is 10.6 Å². The third-order valence-electron chi connectivity index (χ3n) is 10.3. The molecule has 6 rings (SSSR count). The molecule has 1 aromatic carbocycles. The van der Waals surface area contributed by atoms with E-state index in [4.69, 9.17) is 0 Å². The maximum absolute atomic E-state index is 15.1. The summed E-state index contributed by atoms with van der Waals surface area (Å²) < 4.78 is 41.6. The molecule has 2 aliphatic carbocycles. The number of para-hydroxylation sites is 1. The molecule has 4 fully saturated rings. The Morgan fingerprint density at radius 2 is 1.86 bits per heavy atom. The summed E-state index contributed by atoms with van der Waals surface area (Å²) in [6.45, 7) is 4.93. The predicted octanol–water partition coefficient (Wildman–Crippen LogP) is 2.62. The minimum Gasteiger partial charge on any atom is -0.339 e. The second-order valence-electron chi connectivity index (χ2n) is 13.6. The summed E-state index contributed by atoms with van der Waals surface area (Å²) in [6, 6.07) is 5.79. The van der Waals surface area contributed by atoms with Crippen molar-refractivity contribution in [1.82, 2.24) is 15.1 Å². The fourth-order valence-corrected chi connectivity index (χ4v) is 8.43. The fourth-order valence-electron chi connectivity index (χ4n) is 8.43. The van der Waals surface area contributed by atoms with Crippen molar-refractivity contribution in [1.29, 1.82) is 5.26 Å². The van der Waals surface area contributed by atoms with Gasteiger partial charge in [0.2, 0.25) is 17.7 Å². The number of rotatable bonds is 4. The molecule has 9 atom stereocenters. The molecule has 3 heterocycles. The van der Waals surface area contributed by atoms with Crippen molar-refractivity contribution in [2.24, 2.45) is 29.1 Å². The minimum atomic E-state index is -3.33. The van der Waals surface area contributed by atoms with Crippen LogP contribution in [0.1, 0.15) is 45.6 Å². The lowest BCUT2D eigenvalue weighted by atomic mass is 9.77. The minimum absolute atomic E-state index is 0.0315. The molecule has 0 unspecified atom stereocenters. The summed E-state index contributed by atoms with van der Waals surface area (Å²) in [6.07, 6.45) is -3.47. The second-order valence-corrected chi connectivity index (χ2v) is 13.6. The van der Waals surface area contributed by atoms with Crippen molar-refractivity contribution in [3.8, 4) is 6.07 Å². The number of alkyl halides is 3. The van der Waals surface area contributed by atoms with Gasteiger partial charge in [0.15, 0.2) is 0 Å². The van der Waals surface area contributed by atoms with E-state index in [1.165, 1.54) is 9.80 Å². The lowest BCUT2D eigenvalue weighted by molar-refractivity contribution is -0.150. The first-order chi connectivity index (χ1) is 19.8. The van der Waals surface area contributed by atoms with E-state index in [9.17, 15) is 33.2 Å². The number of nitrogens with zero attached hydrogens (tertiary/aromatic N) is 3. The summed E-state index contributed by atoms with van der Waals surface area (Å²) in [5, 5.41) is 15.1. The molecule has 2 saturated carbocycles. The Kier molecular flexibility index (Phi) is 6.59. The van der Waals surface area contributed by atoms with Gasteiger partial charge in [0.25, 0.3) is 5.91 Å². The van der Waals surface area contributed by atoms with Crippen LogP contribution in [0.2, 0.25) is 0 Å². The topological polar surface area (TPSA) is 123 Å². The monoisotopic (exact) mass is 585 g/mol. The molecule has 0 radical (unpaired) electrons. The Morgan fingerprint density at radius 1 is 1.14 bits per heavy atom. The first kappa shape index (κ1) is 28.5. The summed E-state index contributed by atoms with van der Waals surface area (Å²) in [5.41, 5.74) is -0.820. The molecular formula is C30H34F3N5O4. The zero-order valence-electron chi connectivity index (χ0n) is 23.6. The van der Waals surface area contributed by atoms with Crippen LogP contribution in [-0.4, -0.2) is 77.2 Å². The van der Waals surface area contributed by atoms with Gasteiger partial charge >= 0.3 is 6.43 Å². The number of nitrogens with one attached hydrogen (secondary N) is 2. The number of fused-ring (bicyclic) bond motifs is 7. The first-order valence-corrected chi connectivity index (χ1v) is 14.4. The Morgan fingerprint density at radius 3 is 2.52 bits per heavy atom. The maximum atomic E-state index is 15.1. The highest BCUT2D eigenvalue weighted by Gasteiger charge is 2.65. The van der Waals surface area contributed by atoms with Crippen molar-refractivity contribution in [2.45, 2.75) is 76.2 Å². The number of hydrogen-bond donors (Lipinski definition) is 2. The summed E-state index contributed by atoms with van der Waals surface area (Å²) >= 11 is 0. The van der Waals surface area contributed by atoms with E-state index in [1.807, 2.05) is 0 Å². The van der Waals surface area contributed by atoms with E-state index < -0.39 is 71.1 Å². The van der Waals surface area contributed by atoms with Gasteiger partial charge in [0.05, 0.1) is 11.5 Å². The normalized spacial score (nSPS) is 35.3. The van der Waals surface area contributed by atoms with Crippen molar-refractivity contribution in [3.63, 3.8) is 0 Å². The molecule has 2 saturated heterocycles. The first-order valence-electron chi connectivity index (χ1n) is 14.4. The molecule has 0 aromatic heterocycles. The van der Waals surface area contributed by atoms with Gasteiger partial charge in [0, 0.05) is 25.2 Å². The van der Waals surface area contributed by atoms with E-state index in [0.29, 0.717) is 24.1 Å². The largest absolute Gasteiger partial charge is 0.339 e. The average molecular weight is 586 g/mol. The van der Waals surface area contributed by atoms with Crippen LogP contribution in [0.15, 0.2) is 24.3 Å². The Balaban J connectivity index is 1.37. The smallest absolute Gasteiger partial charge is 0.315 e. The van der Waals surface area contributed by atoms with Gasteiger partial charge in [-0.1, -0.05) is 39.0 Å². The van der Waals surface area contributed by atoms with Gasteiger partial charge < -0.3 is 20.4 Å². The van der Waals surface area contributed by atoms with Gasteiger partial charge in [-0.05, 0) is 53.6 Å². The molecule has 5 aliphatic rings. The number of hydrogen-bond acceptors (Lipinski definition) is 5. The summed E-state index contributed by atoms with van der Waals surface area (Å²) in [7, 11) is 0. The van der Waals surface area contributed by atoms with Crippen LogP contribution in [0.3, 0.4) is 0 Å². The number of anilines is 1.